The summed E-state index contributed by atoms with van der Waals surface area (Å²) in [6.45, 7) is 2.17. The molecule has 76 valence electrons. The molecular weight excluding hydrogens is 164 g/mol. The Morgan fingerprint density at radius 1 is 1.31 bits per heavy atom. The number of carbonyl (C=O) groups excluding carboxylic acids is 1. The predicted octanol–water partition coefficient (Wildman–Crippen LogP) is 2.46. The highest BCUT2D eigenvalue weighted by molar-refractivity contribution is 5.64. The second-order valence-corrected chi connectivity index (χ2v) is 3.30. The topological polar surface area (TPSA) is 37.3 Å². The van der Waals surface area contributed by atoms with Crippen molar-refractivity contribution in [1.82, 2.24) is 0 Å². The van der Waals surface area contributed by atoms with Gasteiger partial charge in [-0.3, -0.25) is 4.79 Å². The maximum atomic E-state index is 9.92. The molecule has 0 aliphatic carbocycles. The maximum Gasteiger partial charge on any atom is 0.142 e. The highest BCUT2D eigenvalue weighted by Gasteiger charge is 2.00. The van der Waals surface area contributed by atoms with Crippen molar-refractivity contribution in [2.45, 2.75) is 51.6 Å². The number of aliphatic hydroxyl groups is 1. The molecule has 0 aliphatic rings. The smallest absolute Gasteiger partial charge is 0.142 e. The summed E-state index contributed by atoms with van der Waals surface area (Å²) in [5.74, 6) is 0. The third-order valence-corrected chi connectivity index (χ3v) is 2.01. The zero-order chi connectivity index (χ0) is 9.94. The minimum absolute atomic E-state index is 0.270. The molecule has 0 amide bonds. The molecule has 1 atom stereocenters. The monoisotopic (exact) mass is 184 g/mol. The van der Waals surface area contributed by atoms with Crippen molar-refractivity contribution >= 4 is 6.29 Å². The van der Waals surface area contributed by atoms with Gasteiger partial charge in [-0.05, 0) is 18.9 Å². The van der Waals surface area contributed by atoms with Crippen LogP contribution in [0.3, 0.4) is 0 Å². The minimum Gasteiger partial charge on any atom is -0.393 e. The van der Waals surface area contributed by atoms with Crippen LogP contribution in [-0.4, -0.2) is 17.5 Å². The molecular formula is C11H20O2. The molecule has 0 aromatic rings. The van der Waals surface area contributed by atoms with Gasteiger partial charge in [-0.1, -0.05) is 38.7 Å². The van der Waals surface area contributed by atoms with Crippen LogP contribution < -0.4 is 0 Å². The van der Waals surface area contributed by atoms with E-state index >= 15 is 0 Å². The first-order valence-electron chi connectivity index (χ1n) is 5.09. The second kappa shape index (κ2) is 9.46. The van der Waals surface area contributed by atoms with Crippen LogP contribution in [0.5, 0.6) is 0 Å². The van der Waals surface area contributed by atoms with Crippen molar-refractivity contribution < 1.29 is 9.90 Å². The summed E-state index contributed by atoms with van der Waals surface area (Å²) in [7, 11) is 0. The van der Waals surface area contributed by atoms with E-state index in [2.05, 4.69) is 6.92 Å². The number of hydrogen-bond donors (Lipinski definition) is 1. The zero-order valence-corrected chi connectivity index (χ0v) is 8.41. The van der Waals surface area contributed by atoms with E-state index in [1.165, 1.54) is 25.3 Å². The Kier molecular flexibility index (Phi) is 9.00. The van der Waals surface area contributed by atoms with Crippen molar-refractivity contribution in [1.29, 1.82) is 0 Å². The molecule has 0 aromatic heterocycles. The molecule has 0 aromatic carbocycles. The average molecular weight is 184 g/mol. The number of aliphatic hydroxyl groups excluding tert-OH is 1. The number of rotatable bonds is 8. The molecule has 0 bridgehead atoms. The van der Waals surface area contributed by atoms with E-state index in [9.17, 15) is 9.90 Å². The second-order valence-electron chi connectivity index (χ2n) is 3.30. The lowest BCUT2D eigenvalue weighted by molar-refractivity contribution is -0.104. The molecule has 1 N–H and O–H groups in total. The van der Waals surface area contributed by atoms with Gasteiger partial charge < -0.3 is 5.11 Å². The summed E-state index contributed by atoms with van der Waals surface area (Å²) in [6.07, 6.45) is 9.84. The van der Waals surface area contributed by atoms with Crippen molar-refractivity contribution in [3.05, 3.63) is 12.2 Å². The van der Waals surface area contributed by atoms with Crippen molar-refractivity contribution in [2.24, 2.45) is 0 Å². The van der Waals surface area contributed by atoms with Crippen LogP contribution >= 0.6 is 0 Å². The third kappa shape index (κ3) is 9.28. The Morgan fingerprint density at radius 2 is 2.08 bits per heavy atom. The lowest BCUT2D eigenvalue weighted by atomic mass is 10.1. The van der Waals surface area contributed by atoms with E-state index in [1.54, 1.807) is 6.08 Å². The van der Waals surface area contributed by atoms with Gasteiger partial charge in [0.25, 0.3) is 0 Å². The first-order chi connectivity index (χ1) is 6.31. The summed E-state index contributed by atoms with van der Waals surface area (Å²) >= 11 is 0. The van der Waals surface area contributed by atoms with Gasteiger partial charge in [0.15, 0.2) is 0 Å². The Balaban J connectivity index is 3.24. The largest absolute Gasteiger partial charge is 0.393 e. The fraction of sp³-hybridized carbons (Fsp3) is 0.727. The van der Waals surface area contributed by atoms with Crippen molar-refractivity contribution in [3.63, 3.8) is 0 Å². The quantitative estimate of drug-likeness (QED) is 0.357. The van der Waals surface area contributed by atoms with Crippen molar-refractivity contribution in [3.8, 4) is 0 Å². The van der Waals surface area contributed by atoms with Gasteiger partial charge in [0.1, 0.15) is 6.29 Å². The molecule has 0 saturated carbocycles. The summed E-state index contributed by atoms with van der Waals surface area (Å²) in [6, 6.07) is 0. The SMILES string of the molecule is CCCCCCC(O)C/C=C/C=O. The van der Waals surface area contributed by atoms with Gasteiger partial charge in [-0.2, -0.15) is 0 Å². The Morgan fingerprint density at radius 3 is 2.69 bits per heavy atom. The molecule has 0 spiro atoms. The van der Waals surface area contributed by atoms with Crippen molar-refractivity contribution in [2.75, 3.05) is 0 Å². The number of allylic oxidation sites excluding steroid dienone is 1. The first-order valence-corrected chi connectivity index (χ1v) is 5.09. The molecule has 1 unspecified atom stereocenters. The van der Waals surface area contributed by atoms with Gasteiger partial charge in [0, 0.05) is 0 Å². The molecule has 0 saturated heterocycles. The fourth-order valence-corrected chi connectivity index (χ4v) is 1.22. The summed E-state index contributed by atoms with van der Waals surface area (Å²) in [4.78, 5) is 9.92. The molecule has 0 heterocycles. The van der Waals surface area contributed by atoms with Crippen LogP contribution in [0.25, 0.3) is 0 Å². The molecule has 0 rings (SSSR count). The Bertz CT molecular complexity index is 141. The van der Waals surface area contributed by atoms with E-state index in [-0.39, 0.29) is 6.10 Å². The van der Waals surface area contributed by atoms with E-state index in [0.717, 1.165) is 19.1 Å². The predicted molar refractivity (Wildman–Crippen MR) is 54.6 cm³/mol. The van der Waals surface area contributed by atoms with E-state index in [4.69, 9.17) is 0 Å². The Hall–Kier alpha value is -0.630. The van der Waals surface area contributed by atoms with E-state index < -0.39 is 0 Å². The number of carbonyl (C=O) groups is 1. The highest BCUT2D eigenvalue weighted by Crippen LogP contribution is 2.07. The van der Waals surface area contributed by atoms with Crippen LogP contribution in [0.2, 0.25) is 0 Å². The summed E-state index contributed by atoms with van der Waals surface area (Å²) in [5, 5.41) is 9.41. The third-order valence-electron chi connectivity index (χ3n) is 2.01. The fourth-order valence-electron chi connectivity index (χ4n) is 1.22. The lowest BCUT2D eigenvalue weighted by Gasteiger charge is -2.06. The molecule has 13 heavy (non-hydrogen) atoms. The molecule has 2 nitrogen and oxygen atoms in total. The van der Waals surface area contributed by atoms with Crippen LogP contribution in [-0.2, 0) is 4.79 Å². The van der Waals surface area contributed by atoms with Crippen LogP contribution in [0, 0.1) is 0 Å². The van der Waals surface area contributed by atoms with Gasteiger partial charge in [0.05, 0.1) is 6.10 Å². The molecule has 0 fully saturated rings. The van der Waals surface area contributed by atoms with Crippen LogP contribution in [0.1, 0.15) is 45.4 Å². The average Bonchev–Trinajstić information content (AvgIpc) is 2.13. The van der Waals surface area contributed by atoms with E-state index in [1.807, 2.05) is 0 Å². The minimum atomic E-state index is -0.270. The summed E-state index contributed by atoms with van der Waals surface area (Å²) in [5.41, 5.74) is 0. The highest BCUT2D eigenvalue weighted by atomic mass is 16.3. The lowest BCUT2D eigenvalue weighted by Crippen LogP contribution is -2.04. The number of hydrogen-bond acceptors (Lipinski definition) is 2. The van der Waals surface area contributed by atoms with Gasteiger partial charge >= 0.3 is 0 Å². The van der Waals surface area contributed by atoms with E-state index in [0.29, 0.717) is 6.42 Å². The maximum absolute atomic E-state index is 9.92. The van der Waals surface area contributed by atoms with Crippen LogP contribution in [0.15, 0.2) is 12.2 Å². The molecule has 2 heteroatoms. The Labute approximate surface area is 80.7 Å². The zero-order valence-electron chi connectivity index (χ0n) is 8.41. The molecule has 0 radical (unpaired) electrons. The molecule has 0 aliphatic heterocycles. The number of aldehydes is 1. The standard InChI is InChI=1S/C11H20O2/c1-2-3-4-5-8-11(13)9-6-7-10-12/h6-7,10-11,13H,2-5,8-9H2,1H3/b7-6+. The van der Waals surface area contributed by atoms with Crippen LogP contribution in [0.4, 0.5) is 0 Å². The van der Waals surface area contributed by atoms with Gasteiger partial charge in [-0.25, -0.2) is 0 Å². The first kappa shape index (κ1) is 12.4. The normalized spacial score (nSPS) is 13.4. The van der Waals surface area contributed by atoms with Gasteiger partial charge in [0.2, 0.25) is 0 Å². The van der Waals surface area contributed by atoms with Gasteiger partial charge in [-0.15, -0.1) is 0 Å². The summed E-state index contributed by atoms with van der Waals surface area (Å²) < 4.78 is 0. The number of unbranched alkanes of at least 4 members (excludes halogenated alkanes) is 3.